The van der Waals surface area contributed by atoms with Crippen molar-refractivity contribution in [3.63, 3.8) is 0 Å². The first-order valence-corrected chi connectivity index (χ1v) is 10.0. The number of hydrogen-bond acceptors (Lipinski definition) is 6. The molecule has 0 amide bonds. The monoisotopic (exact) mass is 405 g/mol. The molecule has 0 atom stereocenters. The predicted molar refractivity (Wildman–Crippen MR) is 102 cm³/mol. The van der Waals surface area contributed by atoms with Crippen molar-refractivity contribution < 1.29 is 28.0 Å². The van der Waals surface area contributed by atoms with Crippen molar-refractivity contribution in [2.45, 2.75) is 19.7 Å². The molecule has 148 valence electrons. The van der Waals surface area contributed by atoms with Crippen molar-refractivity contribution in [1.82, 2.24) is 10.5 Å². The van der Waals surface area contributed by atoms with Gasteiger partial charge in [0.1, 0.15) is 5.56 Å². The van der Waals surface area contributed by atoms with Crippen LogP contribution in [0.1, 0.15) is 16.8 Å². The normalized spacial score (nSPS) is 11.7. The van der Waals surface area contributed by atoms with Crippen LogP contribution >= 0.6 is 7.82 Å². The smallest absolute Gasteiger partial charge is 0.356 e. The molecule has 0 aliphatic heterocycles. The summed E-state index contributed by atoms with van der Waals surface area (Å²) in [7, 11) is -2.69. The maximum atomic E-state index is 10.9. The van der Waals surface area contributed by atoms with Crippen molar-refractivity contribution in [3.05, 3.63) is 65.5 Å². The lowest BCUT2D eigenvalue weighted by Crippen LogP contribution is -2.38. The third-order valence-corrected chi connectivity index (χ3v) is 4.54. The Morgan fingerprint density at radius 2 is 1.96 bits per heavy atom. The molecule has 0 unspecified atom stereocenters. The molecule has 0 saturated carbocycles. The minimum atomic E-state index is -4.60. The molecule has 1 aromatic carbocycles. The molecule has 0 saturated heterocycles. The number of nitrogen functional groups attached to an aromatic ring is 1. The van der Waals surface area contributed by atoms with Crippen molar-refractivity contribution in [2.75, 3.05) is 12.8 Å². The number of pyridine rings is 1. The highest BCUT2D eigenvalue weighted by Crippen LogP contribution is 2.35. The van der Waals surface area contributed by atoms with Crippen LogP contribution in [-0.2, 0) is 28.8 Å². The fourth-order valence-electron chi connectivity index (χ4n) is 2.73. The zero-order valence-electron chi connectivity index (χ0n) is 15.3. The van der Waals surface area contributed by atoms with E-state index in [4.69, 9.17) is 20.0 Å². The number of nitrogens with one attached hydrogen (secondary N) is 1. The molecule has 0 fully saturated rings. The third-order valence-electron chi connectivity index (χ3n) is 4.09. The molecular weight excluding hydrogens is 383 g/mol. The van der Waals surface area contributed by atoms with Gasteiger partial charge in [-0.1, -0.05) is 29.4 Å². The maximum absolute atomic E-state index is 10.9. The molecule has 28 heavy (non-hydrogen) atoms. The van der Waals surface area contributed by atoms with E-state index < -0.39 is 7.82 Å². The topological polar surface area (TPSA) is 135 Å². The fourth-order valence-corrected chi connectivity index (χ4v) is 3.01. The molecule has 0 aliphatic carbocycles. The molecule has 3 aromatic rings. The van der Waals surface area contributed by atoms with Gasteiger partial charge in [-0.3, -0.25) is 5.73 Å². The average Bonchev–Trinajstić information content (AvgIpc) is 3.10. The Kier molecular flexibility index (Phi) is 6.23. The lowest BCUT2D eigenvalue weighted by molar-refractivity contribution is -0.711. The van der Waals surface area contributed by atoms with Crippen LogP contribution in [0.4, 0.5) is 5.82 Å². The van der Waals surface area contributed by atoms with E-state index in [2.05, 4.69) is 27.1 Å². The van der Waals surface area contributed by atoms with E-state index >= 15 is 0 Å². The summed E-state index contributed by atoms with van der Waals surface area (Å²) in [4.78, 5) is 17.7. The lowest BCUT2D eigenvalue weighted by Gasteiger charge is -2.07. The molecule has 0 spiro atoms. The number of nitrogens with two attached hydrogens (primary N) is 1. The first kappa shape index (κ1) is 20.2. The van der Waals surface area contributed by atoms with E-state index in [0.717, 1.165) is 17.8 Å². The van der Waals surface area contributed by atoms with Gasteiger partial charge < -0.3 is 19.6 Å². The predicted octanol–water partition coefficient (Wildman–Crippen LogP) is 1.59. The van der Waals surface area contributed by atoms with Crippen LogP contribution in [0.3, 0.4) is 0 Å². The summed E-state index contributed by atoms with van der Waals surface area (Å²) in [5, 5.41) is 7.20. The summed E-state index contributed by atoms with van der Waals surface area (Å²) in [6.45, 7) is 0.428. The van der Waals surface area contributed by atoms with E-state index in [0.29, 0.717) is 17.7 Å². The fraction of sp³-hybridized carbons (Fsp3) is 0.222. The Morgan fingerprint density at radius 3 is 2.64 bits per heavy atom. The van der Waals surface area contributed by atoms with Gasteiger partial charge >= 0.3 is 7.82 Å². The molecule has 10 heteroatoms. The molecule has 3 rings (SSSR count). The third kappa shape index (κ3) is 5.25. The first-order chi connectivity index (χ1) is 13.4. The minimum Gasteiger partial charge on any atom is -0.356 e. The molecule has 2 aromatic heterocycles. The molecule has 0 bridgehead atoms. The highest BCUT2D eigenvalue weighted by atomic mass is 31.2. The van der Waals surface area contributed by atoms with E-state index in [1.54, 1.807) is 24.4 Å². The van der Waals surface area contributed by atoms with E-state index in [-0.39, 0.29) is 12.5 Å². The summed E-state index contributed by atoms with van der Waals surface area (Å²) in [5.41, 5.74) is 9.69. The summed E-state index contributed by atoms with van der Waals surface area (Å²) in [6, 6.07) is 13.4. The van der Waals surface area contributed by atoms with Crippen LogP contribution in [0.2, 0.25) is 0 Å². The van der Waals surface area contributed by atoms with Crippen molar-refractivity contribution in [2.24, 2.45) is 0 Å². The van der Waals surface area contributed by atoms with Gasteiger partial charge in [-0.05, 0) is 30.3 Å². The summed E-state index contributed by atoms with van der Waals surface area (Å²) < 4.78 is 22.2. The van der Waals surface area contributed by atoms with E-state index in [1.807, 2.05) is 19.2 Å². The number of hydrogen-bond donors (Lipinski definition) is 4. The number of rotatable bonds is 8. The SMILES string of the molecule is CNCc1ccc(Cc2cc(-c3ccc[n+](COP(=O)(O)O)c3N)on2)cc1. The highest BCUT2D eigenvalue weighted by Gasteiger charge is 2.20. The number of anilines is 1. The van der Waals surface area contributed by atoms with Crippen LogP contribution in [0.25, 0.3) is 11.3 Å². The molecule has 9 nitrogen and oxygen atoms in total. The van der Waals surface area contributed by atoms with Crippen LogP contribution in [0.5, 0.6) is 0 Å². The highest BCUT2D eigenvalue weighted by molar-refractivity contribution is 7.46. The minimum absolute atomic E-state index is 0.245. The second kappa shape index (κ2) is 8.64. The van der Waals surface area contributed by atoms with Gasteiger partial charge in [-0.2, -0.15) is 0 Å². The summed E-state index contributed by atoms with van der Waals surface area (Å²) in [6.07, 6.45) is 2.16. The Labute approximate surface area is 162 Å². The van der Waals surface area contributed by atoms with Gasteiger partial charge in [-0.15, -0.1) is 0 Å². The average molecular weight is 405 g/mol. The molecule has 5 N–H and O–H groups in total. The summed E-state index contributed by atoms with van der Waals surface area (Å²) >= 11 is 0. The van der Waals surface area contributed by atoms with E-state index in [1.165, 1.54) is 10.1 Å². The van der Waals surface area contributed by atoms with Crippen molar-refractivity contribution in [3.8, 4) is 11.3 Å². The number of aromatic nitrogens is 2. The number of benzene rings is 1. The Bertz CT molecular complexity index is 984. The largest absolute Gasteiger partial charge is 0.472 e. The molecule has 2 heterocycles. The van der Waals surface area contributed by atoms with Gasteiger partial charge in [0.2, 0.25) is 6.73 Å². The van der Waals surface area contributed by atoms with Gasteiger partial charge in [0, 0.05) is 19.0 Å². The van der Waals surface area contributed by atoms with Crippen molar-refractivity contribution in [1.29, 1.82) is 0 Å². The first-order valence-electron chi connectivity index (χ1n) is 8.52. The van der Waals surface area contributed by atoms with Crippen LogP contribution in [0.15, 0.2) is 53.2 Å². The molecular formula is C18H22N4O5P+. The van der Waals surface area contributed by atoms with Crippen molar-refractivity contribution >= 4 is 13.6 Å². The second-order valence-electron chi connectivity index (χ2n) is 6.23. The number of phosphoric acid groups is 1. The van der Waals surface area contributed by atoms with Crippen LogP contribution in [-0.4, -0.2) is 22.0 Å². The quantitative estimate of drug-likeness (QED) is 0.328. The van der Waals surface area contributed by atoms with Crippen LogP contribution < -0.4 is 15.6 Å². The second-order valence-corrected chi connectivity index (χ2v) is 7.47. The molecule has 0 aliphatic rings. The van der Waals surface area contributed by atoms with E-state index in [9.17, 15) is 4.57 Å². The summed E-state index contributed by atoms with van der Waals surface area (Å²) in [5.74, 6) is 0.708. The Hall–Kier alpha value is -2.55. The zero-order chi connectivity index (χ0) is 20.1. The van der Waals surface area contributed by atoms with Gasteiger partial charge in [0.15, 0.2) is 5.76 Å². The van der Waals surface area contributed by atoms with Gasteiger partial charge in [0.25, 0.3) is 5.82 Å². The number of phosphoric ester groups is 1. The zero-order valence-corrected chi connectivity index (χ0v) is 16.2. The molecule has 0 radical (unpaired) electrons. The van der Waals surface area contributed by atoms with Gasteiger partial charge in [0.05, 0.1) is 11.9 Å². The van der Waals surface area contributed by atoms with Gasteiger partial charge in [-0.25, -0.2) is 13.7 Å². The Balaban J connectivity index is 1.75. The van der Waals surface area contributed by atoms with Crippen LogP contribution in [0, 0.1) is 0 Å². The lowest BCUT2D eigenvalue weighted by atomic mass is 10.1. The maximum Gasteiger partial charge on any atom is 0.472 e. The number of nitrogens with zero attached hydrogens (tertiary/aromatic N) is 2. The Morgan fingerprint density at radius 1 is 1.25 bits per heavy atom. The standard InChI is InChI=1S/C18H21N4O5P/c1-20-11-14-6-4-13(5-7-14)9-15-10-17(27-21-15)16-3-2-8-22(18(16)19)12-26-28(23,24)25/h2-8,10,19-20H,9,11-12H2,1H3,(H2,23,24,25)/p+1.